The number of carbonyl (C=O) groups excluding carboxylic acids is 1. The third kappa shape index (κ3) is 4.38. The first-order chi connectivity index (χ1) is 11.3. The molecular formula is C21H27NO2. The number of hydrogen-bond donors (Lipinski definition) is 1. The zero-order chi connectivity index (χ0) is 17.9. The Kier molecular flexibility index (Phi) is 5.66. The van der Waals surface area contributed by atoms with Gasteiger partial charge in [0.1, 0.15) is 5.75 Å². The lowest BCUT2D eigenvalue weighted by atomic mass is 9.96. The SMILES string of the molecule is Cc1ccc(OCC(=O)NC(C)c2cc(C)c(C)cc2C)c(C)c1. The second-order valence-electron chi connectivity index (χ2n) is 6.64. The van der Waals surface area contributed by atoms with E-state index in [0.29, 0.717) is 0 Å². The van der Waals surface area contributed by atoms with E-state index in [2.05, 4.69) is 38.2 Å². The van der Waals surface area contributed by atoms with Gasteiger partial charge in [-0.15, -0.1) is 0 Å². The number of carbonyl (C=O) groups is 1. The van der Waals surface area contributed by atoms with Crippen molar-refractivity contribution < 1.29 is 9.53 Å². The smallest absolute Gasteiger partial charge is 0.258 e. The van der Waals surface area contributed by atoms with Crippen LogP contribution in [0.15, 0.2) is 30.3 Å². The Hall–Kier alpha value is -2.29. The molecule has 0 saturated heterocycles. The van der Waals surface area contributed by atoms with Crippen molar-refractivity contribution in [3.8, 4) is 5.75 Å². The van der Waals surface area contributed by atoms with Crippen molar-refractivity contribution in [1.82, 2.24) is 5.32 Å². The third-order valence-corrected chi connectivity index (χ3v) is 4.42. The third-order valence-electron chi connectivity index (χ3n) is 4.42. The normalized spacial score (nSPS) is 11.9. The van der Waals surface area contributed by atoms with Gasteiger partial charge in [0.25, 0.3) is 5.91 Å². The van der Waals surface area contributed by atoms with Gasteiger partial charge < -0.3 is 10.1 Å². The van der Waals surface area contributed by atoms with E-state index in [1.54, 1.807) is 0 Å². The molecule has 1 unspecified atom stereocenters. The molecule has 0 aromatic heterocycles. The minimum absolute atomic E-state index is 0.0259. The summed E-state index contributed by atoms with van der Waals surface area (Å²) in [5, 5.41) is 3.02. The lowest BCUT2D eigenvalue weighted by Crippen LogP contribution is -2.31. The number of aryl methyl sites for hydroxylation is 5. The number of ether oxygens (including phenoxy) is 1. The predicted molar refractivity (Wildman–Crippen MR) is 98.6 cm³/mol. The topological polar surface area (TPSA) is 38.3 Å². The highest BCUT2D eigenvalue weighted by molar-refractivity contribution is 5.78. The first-order valence-corrected chi connectivity index (χ1v) is 8.35. The Bertz CT molecular complexity index is 750. The summed E-state index contributed by atoms with van der Waals surface area (Å²) in [5.74, 6) is 0.644. The Balaban J connectivity index is 1.98. The highest BCUT2D eigenvalue weighted by atomic mass is 16.5. The molecule has 2 rings (SSSR count). The standard InChI is InChI=1S/C21H27NO2/c1-13-7-8-20(17(5)9-13)24-12-21(23)22-18(6)19-11-15(3)14(2)10-16(19)4/h7-11,18H,12H2,1-6H3,(H,22,23). The maximum absolute atomic E-state index is 12.2. The Morgan fingerprint density at radius 1 is 0.958 bits per heavy atom. The van der Waals surface area contributed by atoms with E-state index >= 15 is 0 Å². The highest BCUT2D eigenvalue weighted by Gasteiger charge is 2.13. The van der Waals surface area contributed by atoms with E-state index in [0.717, 1.165) is 16.9 Å². The Labute approximate surface area is 145 Å². The van der Waals surface area contributed by atoms with Crippen molar-refractivity contribution in [3.63, 3.8) is 0 Å². The van der Waals surface area contributed by atoms with Crippen LogP contribution in [0.3, 0.4) is 0 Å². The number of rotatable bonds is 5. The summed E-state index contributed by atoms with van der Waals surface area (Å²) in [7, 11) is 0. The van der Waals surface area contributed by atoms with Crippen molar-refractivity contribution in [2.45, 2.75) is 47.6 Å². The van der Waals surface area contributed by atoms with Crippen LogP contribution in [-0.4, -0.2) is 12.5 Å². The number of benzene rings is 2. The summed E-state index contributed by atoms with van der Waals surface area (Å²) >= 11 is 0. The number of nitrogens with one attached hydrogen (secondary N) is 1. The molecule has 0 spiro atoms. The fraction of sp³-hybridized carbons (Fsp3) is 0.381. The molecule has 0 radical (unpaired) electrons. The minimum atomic E-state index is -0.111. The lowest BCUT2D eigenvalue weighted by molar-refractivity contribution is -0.123. The van der Waals surface area contributed by atoms with Crippen LogP contribution in [-0.2, 0) is 4.79 Å². The molecule has 0 saturated carbocycles. The first-order valence-electron chi connectivity index (χ1n) is 8.35. The zero-order valence-electron chi connectivity index (χ0n) is 15.5. The average Bonchev–Trinajstić information content (AvgIpc) is 2.50. The molecule has 1 amide bonds. The fourth-order valence-electron chi connectivity index (χ4n) is 2.91. The van der Waals surface area contributed by atoms with E-state index in [-0.39, 0.29) is 18.6 Å². The Morgan fingerprint density at radius 3 is 2.29 bits per heavy atom. The van der Waals surface area contributed by atoms with Gasteiger partial charge in [0.05, 0.1) is 6.04 Å². The summed E-state index contributed by atoms with van der Waals surface area (Å²) in [6.45, 7) is 12.3. The van der Waals surface area contributed by atoms with Crippen LogP contribution in [0.2, 0.25) is 0 Å². The molecule has 0 heterocycles. The second-order valence-corrected chi connectivity index (χ2v) is 6.64. The Morgan fingerprint density at radius 2 is 1.62 bits per heavy atom. The van der Waals surface area contributed by atoms with Crippen molar-refractivity contribution in [3.05, 3.63) is 63.7 Å². The van der Waals surface area contributed by atoms with Gasteiger partial charge >= 0.3 is 0 Å². The fourth-order valence-corrected chi connectivity index (χ4v) is 2.91. The van der Waals surface area contributed by atoms with E-state index in [4.69, 9.17) is 4.74 Å². The average molecular weight is 325 g/mol. The molecule has 2 aromatic rings. The van der Waals surface area contributed by atoms with E-state index in [1.165, 1.54) is 22.3 Å². The van der Waals surface area contributed by atoms with Gasteiger partial charge in [-0.05, 0) is 75.4 Å². The molecule has 2 aromatic carbocycles. The quantitative estimate of drug-likeness (QED) is 0.880. The molecule has 3 nitrogen and oxygen atoms in total. The maximum atomic E-state index is 12.2. The monoisotopic (exact) mass is 325 g/mol. The van der Waals surface area contributed by atoms with Crippen LogP contribution < -0.4 is 10.1 Å². The molecule has 1 atom stereocenters. The molecule has 3 heteroatoms. The van der Waals surface area contributed by atoms with E-state index in [1.807, 2.05) is 39.0 Å². The molecule has 0 aliphatic rings. The van der Waals surface area contributed by atoms with Gasteiger partial charge in [0, 0.05) is 0 Å². The summed E-state index contributed by atoms with van der Waals surface area (Å²) in [5.41, 5.74) is 7.08. The summed E-state index contributed by atoms with van der Waals surface area (Å²) in [6.07, 6.45) is 0. The first kappa shape index (κ1) is 18.1. The maximum Gasteiger partial charge on any atom is 0.258 e. The summed E-state index contributed by atoms with van der Waals surface area (Å²) in [4.78, 5) is 12.2. The van der Waals surface area contributed by atoms with Gasteiger partial charge in [-0.25, -0.2) is 0 Å². The molecule has 1 N–H and O–H groups in total. The lowest BCUT2D eigenvalue weighted by Gasteiger charge is -2.19. The van der Waals surface area contributed by atoms with Crippen LogP contribution in [0, 0.1) is 34.6 Å². The van der Waals surface area contributed by atoms with Crippen LogP contribution in [0.25, 0.3) is 0 Å². The molecule has 0 aliphatic heterocycles. The number of hydrogen-bond acceptors (Lipinski definition) is 2. The van der Waals surface area contributed by atoms with Crippen LogP contribution in [0.5, 0.6) is 5.75 Å². The van der Waals surface area contributed by atoms with Gasteiger partial charge in [-0.2, -0.15) is 0 Å². The van der Waals surface area contributed by atoms with Crippen LogP contribution in [0.1, 0.15) is 46.3 Å². The number of amides is 1. The predicted octanol–water partition coefficient (Wildman–Crippen LogP) is 4.48. The van der Waals surface area contributed by atoms with Gasteiger partial charge in [0.15, 0.2) is 6.61 Å². The zero-order valence-corrected chi connectivity index (χ0v) is 15.5. The van der Waals surface area contributed by atoms with Crippen LogP contribution >= 0.6 is 0 Å². The van der Waals surface area contributed by atoms with Gasteiger partial charge in [0.2, 0.25) is 0 Å². The molecular weight excluding hydrogens is 298 g/mol. The summed E-state index contributed by atoms with van der Waals surface area (Å²) in [6, 6.07) is 10.2. The molecule has 0 fully saturated rings. The van der Waals surface area contributed by atoms with Crippen LogP contribution in [0.4, 0.5) is 0 Å². The minimum Gasteiger partial charge on any atom is -0.484 e. The van der Waals surface area contributed by atoms with Gasteiger partial charge in [-0.1, -0.05) is 29.8 Å². The van der Waals surface area contributed by atoms with Crippen molar-refractivity contribution in [2.75, 3.05) is 6.61 Å². The summed E-state index contributed by atoms with van der Waals surface area (Å²) < 4.78 is 5.65. The van der Waals surface area contributed by atoms with Crippen molar-refractivity contribution in [1.29, 1.82) is 0 Å². The van der Waals surface area contributed by atoms with Crippen molar-refractivity contribution >= 4 is 5.91 Å². The molecule has 128 valence electrons. The molecule has 0 bridgehead atoms. The van der Waals surface area contributed by atoms with E-state index in [9.17, 15) is 4.79 Å². The van der Waals surface area contributed by atoms with Gasteiger partial charge in [-0.3, -0.25) is 4.79 Å². The molecule has 24 heavy (non-hydrogen) atoms. The van der Waals surface area contributed by atoms with E-state index < -0.39 is 0 Å². The van der Waals surface area contributed by atoms with Crippen molar-refractivity contribution in [2.24, 2.45) is 0 Å². The molecule has 0 aliphatic carbocycles. The highest BCUT2D eigenvalue weighted by Crippen LogP contribution is 2.22. The second kappa shape index (κ2) is 7.52. The largest absolute Gasteiger partial charge is 0.484 e.